The highest BCUT2D eigenvalue weighted by Crippen LogP contribution is 2.13. The van der Waals surface area contributed by atoms with Crippen molar-refractivity contribution in [2.75, 3.05) is 31.3 Å². The van der Waals surface area contributed by atoms with Crippen LogP contribution in [0.3, 0.4) is 0 Å². The van der Waals surface area contributed by atoms with Gasteiger partial charge in [-0.1, -0.05) is 12.1 Å². The molecule has 0 unspecified atom stereocenters. The molecule has 0 amide bonds. The summed E-state index contributed by atoms with van der Waals surface area (Å²) in [5.41, 5.74) is 1.26. The van der Waals surface area contributed by atoms with E-state index in [0.29, 0.717) is 0 Å². The van der Waals surface area contributed by atoms with Crippen LogP contribution in [0.1, 0.15) is 11.4 Å². The van der Waals surface area contributed by atoms with Crippen molar-refractivity contribution in [3.63, 3.8) is 0 Å². The van der Waals surface area contributed by atoms with Gasteiger partial charge in [0.2, 0.25) is 0 Å². The van der Waals surface area contributed by atoms with E-state index in [-0.39, 0.29) is 0 Å². The van der Waals surface area contributed by atoms with Gasteiger partial charge in [0.05, 0.1) is 7.11 Å². The highest BCUT2D eigenvalue weighted by atomic mass is 16.5. The third kappa shape index (κ3) is 3.85. The summed E-state index contributed by atoms with van der Waals surface area (Å²) in [7, 11) is 3.52. The van der Waals surface area contributed by atoms with E-state index in [1.807, 2.05) is 32.2 Å². The van der Waals surface area contributed by atoms with Gasteiger partial charge in [-0.3, -0.25) is 0 Å². The molecule has 0 aliphatic heterocycles. The number of nitrogens with zero attached hydrogens (tertiary/aromatic N) is 2. The lowest BCUT2D eigenvalue weighted by atomic mass is 10.1. The van der Waals surface area contributed by atoms with Gasteiger partial charge in [0, 0.05) is 19.7 Å². The average molecular weight is 272 g/mol. The fourth-order valence-corrected chi connectivity index (χ4v) is 1.91. The second-order valence-corrected chi connectivity index (χ2v) is 4.46. The highest BCUT2D eigenvalue weighted by molar-refractivity contribution is 5.47. The number of anilines is 2. The lowest BCUT2D eigenvalue weighted by Gasteiger charge is -2.08. The van der Waals surface area contributed by atoms with E-state index in [9.17, 15) is 0 Å². The standard InChI is InChI=1S/C15H20N4O/c1-11-18-14(16-2)10-15(19-11)17-9-8-12-4-6-13(20-3)7-5-12/h4-7,10H,8-9H2,1-3H3,(H2,16,17,18,19). The normalized spacial score (nSPS) is 10.2. The molecule has 0 aliphatic rings. The number of methoxy groups -OCH3 is 1. The molecular formula is C15H20N4O. The summed E-state index contributed by atoms with van der Waals surface area (Å²) in [4.78, 5) is 8.62. The molecule has 0 saturated carbocycles. The van der Waals surface area contributed by atoms with Crippen LogP contribution in [0.5, 0.6) is 5.75 Å². The number of nitrogens with one attached hydrogen (secondary N) is 2. The third-order valence-corrected chi connectivity index (χ3v) is 2.97. The molecule has 0 aliphatic carbocycles. The van der Waals surface area contributed by atoms with Gasteiger partial charge in [0.15, 0.2) is 0 Å². The zero-order chi connectivity index (χ0) is 14.4. The molecule has 5 nitrogen and oxygen atoms in total. The van der Waals surface area contributed by atoms with Crippen LogP contribution in [0.25, 0.3) is 0 Å². The maximum Gasteiger partial charge on any atom is 0.131 e. The van der Waals surface area contributed by atoms with Gasteiger partial charge >= 0.3 is 0 Å². The molecular weight excluding hydrogens is 252 g/mol. The maximum atomic E-state index is 5.14. The molecule has 2 aromatic rings. The quantitative estimate of drug-likeness (QED) is 0.846. The summed E-state index contributed by atoms with van der Waals surface area (Å²) in [6.45, 7) is 2.71. The summed E-state index contributed by atoms with van der Waals surface area (Å²) >= 11 is 0. The molecule has 106 valence electrons. The number of hydrogen-bond acceptors (Lipinski definition) is 5. The summed E-state index contributed by atoms with van der Waals surface area (Å²) in [5.74, 6) is 3.30. The van der Waals surface area contributed by atoms with E-state index in [2.05, 4.69) is 32.7 Å². The van der Waals surface area contributed by atoms with Crippen LogP contribution < -0.4 is 15.4 Å². The first kappa shape index (κ1) is 14.1. The smallest absolute Gasteiger partial charge is 0.131 e. The van der Waals surface area contributed by atoms with Crippen molar-refractivity contribution >= 4 is 11.6 Å². The van der Waals surface area contributed by atoms with Crippen molar-refractivity contribution in [2.45, 2.75) is 13.3 Å². The van der Waals surface area contributed by atoms with E-state index in [4.69, 9.17) is 4.74 Å². The van der Waals surface area contributed by atoms with Crippen molar-refractivity contribution in [3.8, 4) is 5.75 Å². The second-order valence-electron chi connectivity index (χ2n) is 4.46. The molecule has 0 atom stereocenters. The van der Waals surface area contributed by atoms with Gasteiger partial charge in [0.1, 0.15) is 23.2 Å². The number of aryl methyl sites for hydroxylation is 1. The summed E-state index contributed by atoms with van der Waals surface area (Å²) in [6.07, 6.45) is 0.932. The van der Waals surface area contributed by atoms with Gasteiger partial charge in [-0.2, -0.15) is 0 Å². The van der Waals surface area contributed by atoms with Gasteiger partial charge in [0.25, 0.3) is 0 Å². The molecule has 0 fully saturated rings. The monoisotopic (exact) mass is 272 g/mol. The molecule has 1 aromatic carbocycles. The van der Waals surface area contributed by atoms with Gasteiger partial charge in [-0.25, -0.2) is 9.97 Å². The molecule has 0 radical (unpaired) electrons. The van der Waals surface area contributed by atoms with Crippen LogP contribution in [0.4, 0.5) is 11.6 Å². The molecule has 1 heterocycles. The molecule has 2 rings (SSSR count). The lowest BCUT2D eigenvalue weighted by Crippen LogP contribution is -2.08. The van der Waals surface area contributed by atoms with Gasteiger partial charge < -0.3 is 15.4 Å². The minimum atomic E-state index is 0.754. The van der Waals surface area contributed by atoms with Crippen molar-refractivity contribution in [2.24, 2.45) is 0 Å². The predicted molar refractivity (Wildman–Crippen MR) is 81.5 cm³/mol. The third-order valence-electron chi connectivity index (χ3n) is 2.97. The number of aromatic nitrogens is 2. The van der Waals surface area contributed by atoms with Crippen molar-refractivity contribution in [1.29, 1.82) is 0 Å². The minimum absolute atomic E-state index is 0.754. The van der Waals surface area contributed by atoms with E-state index in [0.717, 1.165) is 36.2 Å². The number of hydrogen-bond donors (Lipinski definition) is 2. The lowest BCUT2D eigenvalue weighted by molar-refractivity contribution is 0.414. The first-order valence-corrected chi connectivity index (χ1v) is 6.61. The summed E-state index contributed by atoms with van der Waals surface area (Å²) < 4.78 is 5.14. The molecule has 0 bridgehead atoms. The molecule has 2 N–H and O–H groups in total. The topological polar surface area (TPSA) is 59.1 Å². The van der Waals surface area contributed by atoms with Crippen LogP contribution in [0.2, 0.25) is 0 Å². The Kier molecular flexibility index (Phi) is 4.76. The first-order chi connectivity index (χ1) is 9.71. The number of rotatable bonds is 6. The van der Waals surface area contributed by atoms with Gasteiger partial charge in [-0.15, -0.1) is 0 Å². The molecule has 20 heavy (non-hydrogen) atoms. The molecule has 0 spiro atoms. The van der Waals surface area contributed by atoms with Crippen LogP contribution in [-0.2, 0) is 6.42 Å². The Bertz CT molecular complexity index is 554. The van der Waals surface area contributed by atoms with Crippen LogP contribution >= 0.6 is 0 Å². The summed E-state index contributed by atoms with van der Waals surface area (Å²) in [5, 5.41) is 6.34. The fraction of sp³-hybridized carbons (Fsp3) is 0.333. The Morgan fingerprint density at radius 3 is 2.45 bits per heavy atom. The number of ether oxygens (including phenoxy) is 1. The van der Waals surface area contributed by atoms with E-state index >= 15 is 0 Å². The molecule has 1 aromatic heterocycles. The maximum absolute atomic E-state index is 5.14. The van der Waals surface area contributed by atoms with Crippen molar-refractivity contribution < 1.29 is 4.74 Å². The zero-order valence-corrected chi connectivity index (χ0v) is 12.1. The van der Waals surface area contributed by atoms with Crippen molar-refractivity contribution in [1.82, 2.24) is 9.97 Å². The predicted octanol–water partition coefficient (Wildman–Crippen LogP) is 2.49. The Hall–Kier alpha value is -2.30. The Balaban J connectivity index is 1.90. The van der Waals surface area contributed by atoms with Crippen LogP contribution in [-0.4, -0.2) is 30.7 Å². The Morgan fingerprint density at radius 1 is 1.10 bits per heavy atom. The first-order valence-electron chi connectivity index (χ1n) is 6.61. The molecule has 5 heteroatoms. The van der Waals surface area contributed by atoms with E-state index in [1.165, 1.54) is 5.56 Å². The Labute approximate surface area is 119 Å². The molecule has 0 saturated heterocycles. The SMILES string of the molecule is CNc1cc(NCCc2ccc(OC)cc2)nc(C)n1. The van der Waals surface area contributed by atoms with E-state index < -0.39 is 0 Å². The van der Waals surface area contributed by atoms with Gasteiger partial charge in [-0.05, 0) is 31.0 Å². The minimum Gasteiger partial charge on any atom is -0.497 e. The van der Waals surface area contributed by atoms with Crippen LogP contribution in [0.15, 0.2) is 30.3 Å². The largest absolute Gasteiger partial charge is 0.497 e. The van der Waals surface area contributed by atoms with E-state index in [1.54, 1.807) is 7.11 Å². The summed E-state index contributed by atoms with van der Waals surface area (Å²) in [6, 6.07) is 10.0. The average Bonchev–Trinajstić information content (AvgIpc) is 2.47. The highest BCUT2D eigenvalue weighted by Gasteiger charge is 2.00. The second kappa shape index (κ2) is 6.75. The van der Waals surface area contributed by atoms with Crippen molar-refractivity contribution in [3.05, 3.63) is 41.7 Å². The Morgan fingerprint density at radius 2 is 1.80 bits per heavy atom. The van der Waals surface area contributed by atoms with Crippen LogP contribution in [0, 0.1) is 6.92 Å². The fourth-order valence-electron chi connectivity index (χ4n) is 1.91. The zero-order valence-electron chi connectivity index (χ0n) is 12.1. The number of benzene rings is 1.